The van der Waals surface area contributed by atoms with E-state index in [1.807, 2.05) is 13.8 Å². The molecule has 84 valence electrons. The van der Waals surface area contributed by atoms with Crippen LogP contribution in [-0.2, 0) is 0 Å². The normalized spacial score (nSPS) is 45.9. The van der Waals surface area contributed by atoms with Gasteiger partial charge in [0.25, 0.3) is 0 Å². The lowest BCUT2D eigenvalue weighted by Gasteiger charge is -2.27. The maximum Gasteiger partial charge on any atom is 0.0880 e. The molecule has 0 aromatic carbocycles. The van der Waals surface area contributed by atoms with E-state index in [0.717, 1.165) is 0 Å². The van der Waals surface area contributed by atoms with Crippen molar-refractivity contribution in [1.82, 2.24) is 0 Å². The van der Waals surface area contributed by atoms with Gasteiger partial charge >= 0.3 is 0 Å². The molecule has 0 spiro atoms. The molecule has 1 saturated carbocycles. The van der Waals surface area contributed by atoms with Crippen molar-refractivity contribution in [2.24, 2.45) is 17.8 Å². The fourth-order valence-electron chi connectivity index (χ4n) is 2.14. The Morgan fingerprint density at radius 1 is 0.929 bits per heavy atom. The molecule has 0 aromatic heterocycles. The Kier molecular flexibility index (Phi) is 3.53. The maximum atomic E-state index is 9.77. The van der Waals surface area contributed by atoms with Gasteiger partial charge in [-0.1, -0.05) is 20.8 Å². The Morgan fingerprint density at radius 3 is 1.71 bits per heavy atom. The Hall–Kier alpha value is -0.160. The zero-order valence-electron chi connectivity index (χ0n) is 8.83. The number of hydrogen-bond donors (Lipinski definition) is 4. The van der Waals surface area contributed by atoms with Crippen LogP contribution in [0.3, 0.4) is 0 Å². The van der Waals surface area contributed by atoms with Gasteiger partial charge < -0.3 is 20.4 Å². The molecular formula is C10H20O4. The summed E-state index contributed by atoms with van der Waals surface area (Å²) in [5, 5.41) is 38.7. The highest BCUT2D eigenvalue weighted by Crippen LogP contribution is 2.35. The van der Waals surface area contributed by atoms with Crippen molar-refractivity contribution in [2.75, 3.05) is 0 Å². The summed E-state index contributed by atoms with van der Waals surface area (Å²) in [6.45, 7) is 5.31. The molecule has 1 fully saturated rings. The highest BCUT2D eigenvalue weighted by Gasteiger charge is 2.49. The van der Waals surface area contributed by atoms with E-state index in [1.165, 1.54) is 0 Å². The first-order valence-electron chi connectivity index (χ1n) is 5.10. The second-order valence-electron chi connectivity index (χ2n) is 4.64. The molecule has 0 aromatic rings. The van der Waals surface area contributed by atoms with Crippen molar-refractivity contribution in [1.29, 1.82) is 0 Å². The van der Waals surface area contributed by atoms with Crippen LogP contribution in [0.1, 0.15) is 20.8 Å². The van der Waals surface area contributed by atoms with Gasteiger partial charge in [0, 0.05) is 11.8 Å². The van der Waals surface area contributed by atoms with Crippen molar-refractivity contribution in [3.05, 3.63) is 0 Å². The zero-order chi connectivity index (χ0) is 11.0. The van der Waals surface area contributed by atoms with E-state index in [9.17, 15) is 20.4 Å². The first kappa shape index (κ1) is 11.9. The van der Waals surface area contributed by atoms with E-state index in [1.54, 1.807) is 6.92 Å². The van der Waals surface area contributed by atoms with Gasteiger partial charge in [-0.3, -0.25) is 0 Å². The lowest BCUT2D eigenvalue weighted by Crippen LogP contribution is -2.39. The SMILES string of the molecule is CC(C)[C@H](O)C1C(O)[C@H](O)C(C)[C@H]1O. The summed E-state index contributed by atoms with van der Waals surface area (Å²) in [5.74, 6) is -1.06. The molecule has 4 nitrogen and oxygen atoms in total. The van der Waals surface area contributed by atoms with Crippen molar-refractivity contribution in [3.8, 4) is 0 Å². The molecule has 1 rings (SSSR count). The lowest BCUT2D eigenvalue weighted by atomic mass is 9.88. The molecule has 0 bridgehead atoms. The van der Waals surface area contributed by atoms with E-state index in [0.29, 0.717) is 0 Å². The lowest BCUT2D eigenvalue weighted by molar-refractivity contribution is -0.0570. The van der Waals surface area contributed by atoms with Crippen molar-refractivity contribution >= 4 is 0 Å². The average Bonchev–Trinajstić information content (AvgIpc) is 2.30. The fraction of sp³-hybridized carbons (Fsp3) is 1.00. The molecule has 3 unspecified atom stereocenters. The van der Waals surface area contributed by atoms with Crippen molar-refractivity contribution < 1.29 is 20.4 Å². The van der Waals surface area contributed by atoms with Gasteiger partial charge in [0.15, 0.2) is 0 Å². The van der Waals surface area contributed by atoms with Gasteiger partial charge in [-0.2, -0.15) is 0 Å². The molecule has 0 amide bonds. The minimum atomic E-state index is -1.03. The molecule has 0 heterocycles. The Bertz CT molecular complexity index is 175. The summed E-state index contributed by atoms with van der Waals surface area (Å²) in [6, 6.07) is 0. The number of rotatable bonds is 2. The predicted octanol–water partition coefficient (Wildman–Crippen LogP) is -0.648. The topological polar surface area (TPSA) is 80.9 Å². The summed E-state index contributed by atoms with van der Waals surface area (Å²) in [5.41, 5.74) is 0. The molecule has 0 saturated heterocycles. The van der Waals surface area contributed by atoms with Crippen LogP contribution in [0.15, 0.2) is 0 Å². The van der Waals surface area contributed by atoms with Crippen LogP contribution in [0.5, 0.6) is 0 Å². The van der Waals surface area contributed by atoms with Gasteiger partial charge in [0.1, 0.15) is 0 Å². The minimum absolute atomic E-state index is 0.0400. The summed E-state index contributed by atoms with van der Waals surface area (Å²) in [4.78, 5) is 0. The quantitative estimate of drug-likeness (QED) is 0.482. The highest BCUT2D eigenvalue weighted by atomic mass is 16.3. The molecule has 1 aliphatic rings. The van der Waals surface area contributed by atoms with Crippen molar-refractivity contribution in [2.45, 2.75) is 45.2 Å². The molecular weight excluding hydrogens is 184 g/mol. The Balaban J connectivity index is 2.79. The molecule has 4 N–H and O–H groups in total. The fourth-order valence-corrected chi connectivity index (χ4v) is 2.14. The third-order valence-electron chi connectivity index (χ3n) is 3.29. The largest absolute Gasteiger partial charge is 0.392 e. The number of aliphatic hydroxyl groups is 4. The third-order valence-corrected chi connectivity index (χ3v) is 3.29. The van der Waals surface area contributed by atoms with Gasteiger partial charge in [-0.05, 0) is 5.92 Å². The van der Waals surface area contributed by atoms with Gasteiger partial charge in [0.05, 0.1) is 24.4 Å². The first-order valence-corrected chi connectivity index (χ1v) is 5.10. The zero-order valence-corrected chi connectivity index (χ0v) is 8.83. The third kappa shape index (κ3) is 1.80. The summed E-state index contributed by atoms with van der Waals surface area (Å²) < 4.78 is 0. The number of aliphatic hydroxyl groups excluding tert-OH is 4. The minimum Gasteiger partial charge on any atom is -0.392 e. The second kappa shape index (κ2) is 4.14. The second-order valence-corrected chi connectivity index (χ2v) is 4.64. The van der Waals surface area contributed by atoms with Crippen LogP contribution in [-0.4, -0.2) is 44.8 Å². The van der Waals surface area contributed by atoms with Gasteiger partial charge in [0.2, 0.25) is 0 Å². The van der Waals surface area contributed by atoms with Crippen LogP contribution in [0.2, 0.25) is 0 Å². The number of hydrogen-bond acceptors (Lipinski definition) is 4. The van der Waals surface area contributed by atoms with Crippen LogP contribution in [0.25, 0.3) is 0 Å². The van der Waals surface area contributed by atoms with Gasteiger partial charge in [-0.25, -0.2) is 0 Å². The van der Waals surface area contributed by atoms with Crippen molar-refractivity contribution in [3.63, 3.8) is 0 Å². The Morgan fingerprint density at radius 2 is 1.43 bits per heavy atom. The molecule has 4 heteroatoms. The monoisotopic (exact) mass is 204 g/mol. The average molecular weight is 204 g/mol. The van der Waals surface area contributed by atoms with E-state index >= 15 is 0 Å². The van der Waals surface area contributed by atoms with Crippen LogP contribution >= 0.6 is 0 Å². The molecule has 6 atom stereocenters. The summed E-state index contributed by atoms with van der Waals surface area (Å²) in [7, 11) is 0. The smallest absolute Gasteiger partial charge is 0.0880 e. The Labute approximate surface area is 84.2 Å². The first-order chi connectivity index (χ1) is 6.37. The molecule has 0 radical (unpaired) electrons. The molecule has 0 aliphatic heterocycles. The van der Waals surface area contributed by atoms with E-state index in [2.05, 4.69) is 0 Å². The van der Waals surface area contributed by atoms with Crippen LogP contribution in [0, 0.1) is 17.8 Å². The van der Waals surface area contributed by atoms with E-state index in [4.69, 9.17) is 0 Å². The summed E-state index contributed by atoms with van der Waals surface area (Å²) >= 11 is 0. The maximum absolute atomic E-state index is 9.77. The van der Waals surface area contributed by atoms with Gasteiger partial charge in [-0.15, -0.1) is 0 Å². The highest BCUT2D eigenvalue weighted by molar-refractivity contribution is 4.99. The van der Waals surface area contributed by atoms with Crippen LogP contribution < -0.4 is 0 Å². The molecule has 14 heavy (non-hydrogen) atoms. The van der Waals surface area contributed by atoms with E-state index < -0.39 is 30.3 Å². The standard InChI is InChI=1S/C10H20O4/c1-4(2)7(11)6-8(12)5(3)9(13)10(6)14/h4-14H,1-3H3/t5?,6?,7-,8+,9+,10?/m0/s1. The molecule has 1 aliphatic carbocycles. The summed E-state index contributed by atoms with van der Waals surface area (Å²) in [6.07, 6.45) is -3.59. The predicted molar refractivity (Wildman–Crippen MR) is 51.5 cm³/mol. The van der Waals surface area contributed by atoms with E-state index in [-0.39, 0.29) is 11.8 Å². The van der Waals surface area contributed by atoms with Crippen LogP contribution in [0.4, 0.5) is 0 Å².